The Hall–Kier alpha value is -2.93. The number of nitrogens with zero attached hydrogens (tertiary/aromatic N) is 4. The van der Waals surface area contributed by atoms with Crippen LogP contribution in [-0.4, -0.2) is 32.3 Å². The second kappa shape index (κ2) is 7.31. The number of carbonyl (C=O) groups is 1. The van der Waals surface area contributed by atoms with Gasteiger partial charge in [0.1, 0.15) is 17.9 Å². The van der Waals surface area contributed by atoms with Gasteiger partial charge in [-0.05, 0) is 32.0 Å². The molecule has 0 bridgehead atoms. The Labute approximate surface area is 149 Å². The van der Waals surface area contributed by atoms with Crippen LogP contribution in [0.3, 0.4) is 0 Å². The second-order valence-corrected chi connectivity index (χ2v) is 5.77. The molecule has 0 aliphatic rings. The Morgan fingerprint density at radius 1 is 1.24 bits per heavy atom. The molecular weight excluding hydrogens is 342 g/mol. The summed E-state index contributed by atoms with van der Waals surface area (Å²) in [7, 11) is 0. The number of hydrogen-bond donors (Lipinski definition) is 1. The van der Waals surface area contributed by atoms with Crippen molar-refractivity contribution in [1.29, 1.82) is 0 Å². The minimum atomic E-state index is -0.349. The Balaban J connectivity index is 1.67. The molecule has 0 unspecified atom stereocenters. The molecule has 1 aromatic carbocycles. The molecule has 8 heteroatoms. The van der Waals surface area contributed by atoms with Crippen molar-refractivity contribution in [2.75, 3.05) is 11.9 Å². The zero-order chi connectivity index (χ0) is 17.8. The van der Waals surface area contributed by atoms with E-state index in [0.29, 0.717) is 22.4 Å². The number of carbonyl (C=O) groups excluding carboxylic acids is 1. The van der Waals surface area contributed by atoms with Gasteiger partial charge in [-0.2, -0.15) is 5.10 Å². The maximum atomic E-state index is 12.1. The van der Waals surface area contributed by atoms with E-state index in [9.17, 15) is 4.79 Å². The molecule has 0 saturated carbocycles. The lowest BCUT2D eigenvalue weighted by atomic mass is 10.3. The van der Waals surface area contributed by atoms with Gasteiger partial charge < -0.3 is 10.1 Å². The van der Waals surface area contributed by atoms with Crippen molar-refractivity contribution in [1.82, 2.24) is 19.7 Å². The third-order valence-corrected chi connectivity index (χ3v) is 3.65. The summed E-state index contributed by atoms with van der Waals surface area (Å²) in [5.74, 6) is 1.04. The van der Waals surface area contributed by atoms with Crippen molar-refractivity contribution in [3.05, 3.63) is 59.1 Å². The van der Waals surface area contributed by atoms with Crippen molar-refractivity contribution in [3.63, 3.8) is 0 Å². The molecule has 25 heavy (non-hydrogen) atoms. The van der Waals surface area contributed by atoms with Gasteiger partial charge in [0, 0.05) is 11.8 Å². The van der Waals surface area contributed by atoms with Crippen LogP contribution >= 0.6 is 11.6 Å². The van der Waals surface area contributed by atoms with Crippen molar-refractivity contribution < 1.29 is 9.53 Å². The van der Waals surface area contributed by atoms with E-state index in [1.807, 2.05) is 19.9 Å². The Kier molecular flexibility index (Phi) is 4.95. The SMILES string of the molecule is Cc1cc(C)n(-c2cc(NC(=O)COc3ccccc3Cl)ncn2)n1. The summed E-state index contributed by atoms with van der Waals surface area (Å²) in [5, 5.41) is 7.48. The highest BCUT2D eigenvalue weighted by Crippen LogP contribution is 2.23. The smallest absolute Gasteiger partial charge is 0.263 e. The summed E-state index contributed by atoms with van der Waals surface area (Å²) >= 11 is 5.99. The van der Waals surface area contributed by atoms with Crippen molar-refractivity contribution in [2.24, 2.45) is 0 Å². The molecule has 0 aliphatic heterocycles. The molecule has 1 N–H and O–H groups in total. The number of para-hydroxylation sites is 1. The number of anilines is 1. The third-order valence-electron chi connectivity index (χ3n) is 3.34. The molecule has 3 rings (SSSR count). The minimum Gasteiger partial charge on any atom is -0.482 e. The lowest BCUT2D eigenvalue weighted by Gasteiger charge is -2.09. The lowest BCUT2D eigenvalue weighted by Crippen LogP contribution is -2.21. The molecule has 0 saturated heterocycles. The zero-order valence-electron chi connectivity index (χ0n) is 13.7. The van der Waals surface area contributed by atoms with Crippen LogP contribution in [0.5, 0.6) is 5.75 Å². The maximum Gasteiger partial charge on any atom is 0.263 e. The monoisotopic (exact) mass is 357 g/mol. The van der Waals surface area contributed by atoms with Crippen LogP contribution in [0.4, 0.5) is 5.82 Å². The average Bonchev–Trinajstić information content (AvgIpc) is 2.93. The van der Waals surface area contributed by atoms with Crippen LogP contribution < -0.4 is 10.1 Å². The molecule has 2 heterocycles. The van der Waals surface area contributed by atoms with E-state index in [1.54, 1.807) is 35.0 Å². The van der Waals surface area contributed by atoms with Crippen LogP contribution in [0.15, 0.2) is 42.7 Å². The second-order valence-electron chi connectivity index (χ2n) is 5.37. The Morgan fingerprint density at radius 3 is 2.76 bits per heavy atom. The molecule has 1 amide bonds. The van der Waals surface area contributed by atoms with Gasteiger partial charge in [-0.1, -0.05) is 23.7 Å². The number of halogens is 1. The molecule has 0 spiro atoms. The summed E-state index contributed by atoms with van der Waals surface area (Å²) in [5.41, 5.74) is 1.82. The van der Waals surface area contributed by atoms with Crippen LogP contribution in [0, 0.1) is 13.8 Å². The molecule has 0 fully saturated rings. The molecular formula is C17H16ClN5O2. The van der Waals surface area contributed by atoms with Crippen molar-refractivity contribution in [3.8, 4) is 11.6 Å². The Morgan fingerprint density at radius 2 is 2.04 bits per heavy atom. The summed E-state index contributed by atoms with van der Waals surface area (Å²) in [6.07, 6.45) is 1.37. The maximum absolute atomic E-state index is 12.1. The number of rotatable bonds is 5. The summed E-state index contributed by atoms with van der Waals surface area (Å²) in [6.45, 7) is 3.65. The number of aryl methyl sites for hydroxylation is 2. The fourth-order valence-corrected chi connectivity index (χ4v) is 2.47. The van der Waals surface area contributed by atoms with Crippen LogP contribution in [0.2, 0.25) is 5.02 Å². The molecule has 0 radical (unpaired) electrons. The van der Waals surface area contributed by atoms with E-state index in [2.05, 4.69) is 20.4 Å². The van der Waals surface area contributed by atoms with Gasteiger partial charge in [0.05, 0.1) is 10.7 Å². The van der Waals surface area contributed by atoms with E-state index in [-0.39, 0.29) is 12.5 Å². The van der Waals surface area contributed by atoms with Crippen molar-refractivity contribution >= 4 is 23.3 Å². The number of nitrogens with one attached hydrogen (secondary N) is 1. The van der Waals surface area contributed by atoms with Gasteiger partial charge in [-0.15, -0.1) is 0 Å². The molecule has 7 nitrogen and oxygen atoms in total. The number of aromatic nitrogens is 4. The van der Waals surface area contributed by atoms with Gasteiger partial charge in [0.25, 0.3) is 5.91 Å². The lowest BCUT2D eigenvalue weighted by molar-refractivity contribution is -0.118. The standard InChI is InChI=1S/C17H16ClN5O2/c1-11-7-12(2)23(22-11)16-8-15(19-10-20-16)21-17(24)9-25-14-6-4-3-5-13(14)18/h3-8,10H,9H2,1-2H3,(H,19,20,21,24). The predicted molar refractivity (Wildman–Crippen MR) is 94.2 cm³/mol. The highest BCUT2D eigenvalue weighted by atomic mass is 35.5. The fourth-order valence-electron chi connectivity index (χ4n) is 2.28. The first-order valence-corrected chi connectivity index (χ1v) is 7.93. The predicted octanol–water partition coefficient (Wildman–Crippen LogP) is 2.95. The minimum absolute atomic E-state index is 0.178. The van der Waals surface area contributed by atoms with E-state index >= 15 is 0 Å². The van der Waals surface area contributed by atoms with Crippen molar-refractivity contribution in [2.45, 2.75) is 13.8 Å². The topological polar surface area (TPSA) is 81.9 Å². The van der Waals surface area contributed by atoms with Gasteiger partial charge in [-0.25, -0.2) is 14.6 Å². The van der Waals surface area contributed by atoms with Gasteiger partial charge in [0.2, 0.25) is 0 Å². The molecule has 128 valence electrons. The van der Waals surface area contributed by atoms with Gasteiger partial charge in [-0.3, -0.25) is 4.79 Å². The highest BCUT2D eigenvalue weighted by Gasteiger charge is 2.10. The summed E-state index contributed by atoms with van der Waals surface area (Å²) < 4.78 is 7.09. The number of ether oxygens (including phenoxy) is 1. The summed E-state index contributed by atoms with van der Waals surface area (Å²) in [6, 6.07) is 10.5. The fraction of sp³-hybridized carbons (Fsp3) is 0.176. The number of amides is 1. The van der Waals surface area contributed by atoms with Gasteiger partial charge >= 0.3 is 0 Å². The van der Waals surface area contributed by atoms with Gasteiger partial charge in [0.15, 0.2) is 12.4 Å². The first-order valence-electron chi connectivity index (χ1n) is 7.56. The van der Waals surface area contributed by atoms with E-state index in [1.165, 1.54) is 6.33 Å². The first-order chi connectivity index (χ1) is 12.0. The number of benzene rings is 1. The van der Waals surface area contributed by atoms with E-state index < -0.39 is 0 Å². The molecule has 3 aromatic rings. The highest BCUT2D eigenvalue weighted by molar-refractivity contribution is 6.32. The summed E-state index contributed by atoms with van der Waals surface area (Å²) in [4.78, 5) is 20.3. The Bertz CT molecular complexity index is 910. The molecule has 0 aliphatic carbocycles. The first kappa shape index (κ1) is 16.9. The van der Waals surface area contributed by atoms with Crippen LogP contribution in [0.1, 0.15) is 11.4 Å². The number of hydrogen-bond acceptors (Lipinski definition) is 5. The zero-order valence-corrected chi connectivity index (χ0v) is 14.5. The largest absolute Gasteiger partial charge is 0.482 e. The van der Waals surface area contributed by atoms with Crippen LogP contribution in [0.25, 0.3) is 5.82 Å². The van der Waals surface area contributed by atoms with E-state index in [0.717, 1.165) is 11.4 Å². The molecule has 2 aromatic heterocycles. The van der Waals surface area contributed by atoms with E-state index in [4.69, 9.17) is 16.3 Å². The average molecular weight is 358 g/mol. The quantitative estimate of drug-likeness (QED) is 0.759. The normalized spacial score (nSPS) is 10.5. The third kappa shape index (κ3) is 4.13. The van der Waals surface area contributed by atoms with Crippen LogP contribution in [-0.2, 0) is 4.79 Å². The molecule has 0 atom stereocenters.